The standard InChI is InChI=1S/C9H17F3N2O3/c10-9(11,12)7-17-4-1-8(15)14-3-6-16-5-2-13/h1-7,13H2,(H,14,15). The van der Waals surface area contributed by atoms with Crippen molar-refractivity contribution in [3.05, 3.63) is 0 Å². The Morgan fingerprint density at radius 1 is 1.18 bits per heavy atom. The van der Waals surface area contributed by atoms with Gasteiger partial charge in [-0.2, -0.15) is 13.2 Å². The number of nitrogens with two attached hydrogens (primary N) is 1. The third kappa shape index (κ3) is 13.1. The molecule has 102 valence electrons. The van der Waals surface area contributed by atoms with E-state index >= 15 is 0 Å². The summed E-state index contributed by atoms with van der Waals surface area (Å²) >= 11 is 0. The van der Waals surface area contributed by atoms with Crippen LogP contribution in [0.1, 0.15) is 6.42 Å². The Kier molecular flexibility index (Phi) is 8.73. The molecule has 0 unspecified atom stereocenters. The van der Waals surface area contributed by atoms with E-state index in [4.69, 9.17) is 10.5 Å². The molecule has 0 spiro atoms. The minimum atomic E-state index is -4.35. The fourth-order valence-electron chi connectivity index (χ4n) is 0.889. The molecule has 0 rings (SSSR count). The van der Waals surface area contributed by atoms with Crippen LogP contribution >= 0.6 is 0 Å². The molecule has 0 aromatic heterocycles. The van der Waals surface area contributed by atoms with Gasteiger partial charge >= 0.3 is 6.18 Å². The molecular formula is C9H17F3N2O3. The van der Waals surface area contributed by atoms with E-state index in [9.17, 15) is 18.0 Å². The minimum absolute atomic E-state index is 0.104. The molecule has 0 radical (unpaired) electrons. The van der Waals surface area contributed by atoms with Crippen LogP contribution in [0, 0.1) is 0 Å². The molecular weight excluding hydrogens is 241 g/mol. The number of carbonyl (C=O) groups excluding carboxylic acids is 1. The average molecular weight is 258 g/mol. The van der Waals surface area contributed by atoms with E-state index in [1.165, 1.54) is 0 Å². The second-order valence-corrected chi connectivity index (χ2v) is 3.17. The second-order valence-electron chi connectivity index (χ2n) is 3.17. The lowest BCUT2D eigenvalue weighted by molar-refractivity contribution is -0.174. The smallest absolute Gasteiger partial charge is 0.378 e. The first-order valence-electron chi connectivity index (χ1n) is 5.14. The Hall–Kier alpha value is -0.860. The molecule has 0 aromatic rings. The van der Waals surface area contributed by atoms with E-state index < -0.39 is 12.8 Å². The van der Waals surface area contributed by atoms with E-state index in [-0.39, 0.29) is 18.9 Å². The molecule has 0 heterocycles. The van der Waals surface area contributed by atoms with Crippen LogP contribution in [0.5, 0.6) is 0 Å². The summed E-state index contributed by atoms with van der Waals surface area (Å²) < 4.78 is 44.2. The number of rotatable bonds is 9. The Balaban J connectivity index is 3.29. The number of hydrogen-bond acceptors (Lipinski definition) is 4. The number of halogens is 3. The predicted molar refractivity (Wildman–Crippen MR) is 54.4 cm³/mol. The number of ether oxygens (including phenoxy) is 2. The normalized spacial score (nSPS) is 11.5. The van der Waals surface area contributed by atoms with Gasteiger partial charge in [0.15, 0.2) is 0 Å². The molecule has 0 fully saturated rings. The van der Waals surface area contributed by atoms with Gasteiger partial charge < -0.3 is 20.5 Å². The lowest BCUT2D eigenvalue weighted by atomic mass is 10.4. The van der Waals surface area contributed by atoms with E-state index in [0.717, 1.165) is 0 Å². The number of hydrogen-bond donors (Lipinski definition) is 2. The molecule has 0 aliphatic carbocycles. The van der Waals surface area contributed by atoms with Crippen molar-refractivity contribution in [2.45, 2.75) is 12.6 Å². The van der Waals surface area contributed by atoms with Gasteiger partial charge in [0.25, 0.3) is 0 Å². The number of amides is 1. The van der Waals surface area contributed by atoms with Crippen molar-refractivity contribution < 1.29 is 27.4 Å². The molecule has 0 atom stereocenters. The van der Waals surface area contributed by atoms with Crippen molar-refractivity contribution in [3.63, 3.8) is 0 Å². The van der Waals surface area contributed by atoms with Gasteiger partial charge in [-0.05, 0) is 0 Å². The third-order valence-electron chi connectivity index (χ3n) is 1.57. The Bertz CT molecular complexity index is 212. The maximum Gasteiger partial charge on any atom is 0.411 e. The van der Waals surface area contributed by atoms with Gasteiger partial charge in [0.1, 0.15) is 6.61 Å². The highest BCUT2D eigenvalue weighted by Gasteiger charge is 2.27. The highest BCUT2D eigenvalue weighted by atomic mass is 19.4. The molecule has 0 aromatic carbocycles. The van der Waals surface area contributed by atoms with Gasteiger partial charge in [-0.15, -0.1) is 0 Å². The van der Waals surface area contributed by atoms with Gasteiger partial charge in [-0.3, -0.25) is 4.79 Å². The predicted octanol–water partition coefficient (Wildman–Crippen LogP) is 0.0469. The summed E-state index contributed by atoms with van der Waals surface area (Å²) in [4.78, 5) is 11.0. The van der Waals surface area contributed by atoms with E-state index in [2.05, 4.69) is 10.1 Å². The lowest BCUT2D eigenvalue weighted by Gasteiger charge is -2.08. The SMILES string of the molecule is NCCOCCNC(=O)CCOCC(F)(F)F. The second kappa shape index (κ2) is 9.20. The summed E-state index contributed by atoms with van der Waals surface area (Å²) in [6.07, 6.45) is -4.46. The minimum Gasteiger partial charge on any atom is -0.378 e. The monoisotopic (exact) mass is 258 g/mol. The maximum atomic E-state index is 11.6. The zero-order chi connectivity index (χ0) is 13.1. The molecule has 5 nitrogen and oxygen atoms in total. The highest BCUT2D eigenvalue weighted by molar-refractivity contribution is 5.75. The summed E-state index contributed by atoms with van der Waals surface area (Å²) in [5.41, 5.74) is 5.17. The maximum absolute atomic E-state index is 11.6. The molecule has 1 amide bonds. The molecule has 0 aliphatic rings. The van der Waals surface area contributed by atoms with Crippen LogP contribution in [0.4, 0.5) is 13.2 Å². The molecule has 3 N–H and O–H groups in total. The molecule has 0 saturated carbocycles. The van der Waals surface area contributed by atoms with Gasteiger partial charge in [0.2, 0.25) is 5.91 Å². The highest BCUT2D eigenvalue weighted by Crippen LogP contribution is 2.14. The molecule has 17 heavy (non-hydrogen) atoms. The lowest BCUT2D eigenvalue weighted by Crippen LogP contribution is -2.29. The van der Waals surface area contributed by atoms with Crippen molar-refractivity contribution in [2.75, 3.05) is 39.5 Å². The number of alkyl halides is 3. The summed E-state index contributed by atoms with van der Waals surface area (Å²) in [5, 5.41) is 2.47. The summed E-state index contributed by atoms with van der Waals surface area (Å²) in [5.74, 6) is -0.372. The zero-order valence-corrected chi connectivity index (χ0v) is 9.39. The van der Waals surface area contributed by atoms with Crippen LogP contribution in [0.3, 0.4) is 0 Å². The fraction of sp³-hybridized carbons (Fsp3) is 0.889. The van der Waals surface area contributed by atoms with E-state index in [0.29, 0.717) is 26.3 Å². The van der Waals surface area contributed by atoms with Crippen LogP contribution in [0.15, 0.2) is 0 Å². The number of carbonyl (C=O) groups is 1. The number of nitrogens with one attached hydrogen (secondary N) is 1. The van der Waals surface area contributed by atoms with E-state index in [1.807, 2.05) is 0 Å². The van der Waals surface area contributed by atoms with Crippen LogP contribution in [0.2, 0.25) is 0 Å². The summed E-state index contributed by atoms with van der Waals surface area (Å²) in [6, 6.07) is 0. The molecule has 0 aliphatic heterocycles. The third-order valence-corrected chi connectivity index (χ3v) is 1.57. The molecule has 0 bridgehead atoms. The first-order chi connectivity index (χ1) is 7.95. The van der Waals surface area contributed by atoms with E-state index in [1.54, 1.807) is 0 Å². The Morgan fingerprint density at radius 3 is 2.47 bits per heavy atom. The first-order valence-corrected chi connectivity index (χ1v) is 5.14. The van der Waals surface area contributed by atoms with Crippen molar-refractivity contribution in [2.24, 2.45) is 5.73 Å². The van der Waals surface area contributed by atoms with Crippen molar-refractivity contribution in [1.29, 1.82) is 0 Å². The van der Waals surface area contributed by atoms with Crippen LogP contribution < -0.4 is 11.1 Å². The molecule has 8 heteroatoms. The Morgan fingerprint density at radius 2 is 1.88 bits per heavy atom. The van der Waals surface area contributed by atoms with Crippen LogP contribution in [-0.2, 0) is 14.3 Å². The largest absolute Gasteiger partial charge is 0.411 e. The quantitative estimate of drug-likeness (QED) is 0.573. The van der Waals surface area contributed by atoms with Crippen molar-refractivity contribution >= 4 is 5.91 Å². The molecule has 0 saturated heterocycles. The van der Waals surface area contributed by atoms with Gasteiger partial charge in [0, 0.05) is 19.5 Å². The average Bonchev–Trinajstić information content (AvgIpc) is 2.23. The van der Waals surface area contributed by atoms with Gasteiger partial charge in [0.05, 0.1) is 19.8 Å². The van der Waals surface area contributed by atoms with Crippen molar-refractivity contribution in [1.82, 2.24) is 5.32 Å². The van der Waals surface area contributed by atoms with Gasteiger partial charge in [-0.1, -0.05) is 0 Å². The first kappa shape index (κ1) is 16.1. The summed E-state index contributed by atoms with van der Waals surface area (Å²) in [6.45, 7) is -0.150. The van der Waals surface area contributed by atoms with Crippen LogP contribution in [-0.4, -0.2) is 51.6 Å². The Labute approximate surface area is 97.4 Å². The topological polar surface area (TPSA) is 73.6 Å². The fourth-order valence-corrected chi connectivity index (χ4v) is 0.889. The summed E-state index contributed by atoms with van der Waals surface area (Å²) in [7, 11) is 0. The van der Waals surface area contributed by atoms with Crippen LogP contribution in [0.25, 0.3) is 0 Å². The van der Waals surface area contributed by atoms with Gasteiger partial charge in [-0.25, -0.2) is 0 Å². The zero-order valence-electron chi connectivity index (χ0n) is 9.39. The van der Waals surface area contributed by atoms with Crippen molar-refractivity contribution in [3.8, 4) is 0 Å².